The van der Waals surface area contributed by atoms with Gasteiger partial charge in [-0.1, -0.05) is 13.8 Å². The van der Waals surface area contributed by atoms with Crippen LogP contribution in [0, 0.1) is 12.8 Å². The van der Waals surface area contributed by atoms with Crippen LogP contribution in [-0.4, -0.2) is 21.0 Å². The minimum Gasteiger partial charge on any atom is -0.393 e. The lowest BCUT2D eigenvalue weighted by molar-refractivity contribution is 0.114. The highest BCUT2D eigenvalue weighted by atomic mass is 79.9. The maximum Gasteiger partial charge on any atom is 0.0738 e. The summed E-state index contributed by atoms with van der Waals surface area (Å²) in [6.07, 6.45) is 2.63. The van der Waals surface area contributed by atoms with Crippen molar-refractivity contribution >= 4 is 15.9 Å². The van der Waals surface area contributed by atoms with Crippen LogP contribution in [0.3, 0.4) is 0 Å². The lowest BCUT2D eigenvalue weighted by atomic mass is 10.0. The van der Waals surface area contributed by atoms with Gasteiger partial charge < -0.3 is 5.11 Å². The standard InChI is InChI=1S/C12H21BrN2O/c1-8(2)11(16)7-5-6-10-12(13)9(3)14-15(10)4/h8,11,16H,5-7H2,1-4H3. The molecule has 92 valence electrons. The Morgan fingerprint density at radius 1 is 1.44 bits per heavy atom. The topological polar surface area (TPSA) is 38.0 Å². The molecule has 1 aromatic heterocycles. The monoisotopic (exact) mass is 288 g/mol. The molecule has 0 aliphatic carbocycles. The molecule has 0 bridgehead atoms. The van der Waals surface area contributed by atoms with E-state index < -0.39 is 0 Å². The number of aromatic nitrogens is 2. The highest BCUT2D eigenvalue weighted by Crippen LogP contribution is 2.22. The lowest BCUT2D eigenvalue weighted by Gasteiger charge is -2.13. The van der Waals surface area contributed by atoms with Crippen molar-refractivity contribution in [2.75, 3.05) is 0 Å². The summed E-state index contributed by atoms with van der Waals surface area (Å²) in [6, 6.07) is 0. The Morgan fingerprint density at radius 2 is 2.06 bits per heavy atom. The van der Waals surface area contributed by atoms with Crippen molar-refractivity contribution in [1.82, 2.24) is 9.78 Å². The molecule has 1 N–H and O–H groups in total. The molecule has 0 saturated carbocycles. The molecule has 0 radical (unpaired) electrons. The second-order valence-corrected chi connectivity index (χ2v) is 5.47. The Balaban J connectivity index is 2.49. The van der Waals surface area contributed by atoms with Crippen LogP contribution in [0.4, 0.5) is 0 Å². The molecule has 0 spiro atoms. The third-order valence-corrected chi connectivity index (χ3v) is 3.98. The predicted octanol–water partition coefficient (Wildman–Crippen LogP) is 2.83. The normalized spacial score (nSPS) is 13.4. The third-order valence-electron chi connectivity index (χ3n) is 2.94. The zero-order chi connectivity index (χ0) is 12.3. The number of rotatable bonds is 5. The van der Waals surface area contributed by atoms with E-state index in [1.807, 2.05) is 18.7 Å². The molecule has 4 heteroatoms. The molecule has 1 atom stereocenters. The first-order valence-corrected chi connectivity index (χ1v) is 6.58. The van der Waals surface area contributed by atoms with Crippen LogP contribution in [0.5, 0.6) is 0 Å². The van der Waals surface area contributed by atoms with E-state index in [0.29, 0.717) is 5.92 Å². The molecule has 16 heavy (non-hydrogen) atoms. The molecule has 3 nitrogen and oxygen atoms in total. The smallest absolute Gasteiger partial charge is 0.0738 e. The summed E-state index contributed by atoms with van der Waals surface area (Å²) >= 11 is 3.55. The van der Waals surface area contributed by atoms with Crippen molar-refractivity contribution in [2.24, 2.45) is 13.0 Å². The van der Waals surface area contributed by atoms with Gasteiger partial charge >= 0.3 is 0 Å². The number of aryl methyl sites for hydroxylation is 2. The van der Waals surface area contributed by atoms with E-state index in [9.17, 15) is 5.11 Å². The van der Waals surface area contributed by atoms with Gasteiger partial charge in [-0.3, -0.25) is 4.68 Å². The number of halogens is 1. The summed E-state index contributed by atoms with van der Waals surface area (Å²) in [5, 5.41) is 14.1. The quantitative estimate of drug-likeness (QED) is 0.905. The van der Waals surface area contributed by atoms with Crippen molar-refractivity contribution in [3.8, 4) is 0 Å². The van der Waals surface area contributed by atoms with Gasteiger partial charge in [-0.05, 0) is 48.0 Å². The summed E-state index contributed by atoms with van der Waals surface area (Å²) in [6.45, 7) is 6.10. The second kappa shape index (κ2) is 5.82. The van der Waals surface area contributed by atoms with Gasteiger partial charge in [0.15, 0.2) is 0 Å². The van der Waals surface area contributed by atoms with Gasteiger partial charge in [-0.25, -0.2) is 0 Å². The molecule has 0 aromatic carbocycles. The van der Waals surface area contributed by atoms with E-state index in [1.54, 1.807) is 0 Å². The van der Waals surface area contributed by atoms with Crippen molar-refractivity contribution in [2.45, 2.75) is 46.1 Å². The summed E-state index contributed by atoms with van der Waals surface area (Å²) in [5.41, 5.74) is 2.25. The summed E-state index contributed by atoms with van der Waals surface area (Å²) < 4.78 is 3.02. The molecule has 0 amide bonds. The van der Waals surface area contributed by atoms with Crippen LogP contribution in [0.2, 0.25) is 0 Å². The average Bonchev–Trinajstić information content (AvgIpc) is 2.44. The molecule has 1 rings (SSSR count). The van der Waals surface area contributed by atoms with Gasteiger partial charge in [0.2, 0.25) is 0 Å². The van der Waals surface area contributed by atoms with E-state index >= 15 is 0 Å². The number of aliphatic hydroxyl groups is 1. The van der Waals surface area contributed by atoms with Crippen molar-refractivity contribution in [3.05, 3.63) is 15.9 Å². The number of hydrogen-bond donors (Lipinski definition) is 1. The molecule has 1 aromatic rings. The molecule has 0 saturated heterocycles. The molecule has 1 heterocycles. The first-order chi connectivity index (χ1) is 7.43. The molecular formula is C12H21BrN2O. The summed E-state index contributed by atoms with van der Waals surface area (Å²) in [7, 11) is 1.96. The van der Waals surface area contributed by atoms with Gasteiger partial charge in [0, 0.05) is 7.05 Å². The Morgan fingerprint density at radius 3 is 2.50 bits per heavy atom. The van der Waals surface area contributed by atoms with Crippen molar-refractivity contribution < 1.29 is 5.11 Å². The van der Waals surface area contributed by atoms with Gasteiger partial charge in [0.05, 0.1) is 22.0 Å². The van der Waals surface area contributed by atoms with Crippen molar-refractivity contribution in [1.29, 1.82) is 0 Å². The lowest BCUT2D eigenvalue weighted by Crippen LogP contribution is -2.14. The molecule has 0 aliphatic rings. The Hall–Kier alpha value is -0.350. The fourth-order valence-corrected chi connectivity index (χ4v) is 2.30. The van der Waals surface area contributed by atoms with Crippen LogP contribution in [0.15, 0.2) is 4.47 Å². The Bertz CT molecular complexity index is 347. The average molecular weight is 289 g/mol. The van der Waals surface area contributed by atoms with Gasteiger partial charge in [0.25, 0.3) is 0 Å². The van der Waals surface area contributed by atoms with Crippen LogP contribution in [-0.2, 0) is 13.5 Å². The maximum absolute atomic E-state index is 9.71. The first kappa shape index (κ1) is 13.7. The molecular weight excluding hydrogens is 268 g/mol. The minimum absolute atomic E-state index is 0.187. The number of aliphatic hydroxyl groups excluding tert-OH is 1. The van der Waals surface area contributed by atoms with Gasteiger partial charge in [-0.2, -0.15) is 5.10 Å². The van der Waals surface area contributed by atoms with Gasteiger partial charge in [-0.15, -0.1) is 0 Å². The summed E-state index contributed by atoms with van der Waals surface area (Å²) in [4.78, 5) is 0. The van der Waals surface area contributed by atoms with E-state index in [-0.39, 0.29) is 6.10 Å². The molecule has 1 unspecified atom stereocenters. The van der Waals surface area contributed by atoms with Crippen LogP contribution >= 0.6 is 15.9 Å². The second-order valence-electron chi connectivity index (χ2n) is 4.67. The van der Waals surface area contributed by atoms with Gasteiger partial charge in [0.1, 0.15) is 0 Å². The Labute approximate surface area is 106 Å². The SMILES string of the molecule is Cc1nn(C)c(CCCC(O)C(C)C)c1Br. The summed E-state index contributed by atoms with van der Waals surface area (Å²) in [5.74, 6) is 0.344. The van der Waals surface area contributed by atoms with Crippen LogP contribution in [0.25, 0.3) is 0 Å². The zero-order valence-electron chi connectivity index (χ0n) is 10.5. The van der Waals surface area contributed by atoms with Crippen LogP contribution < -0.4 is 0 Å². The largest absolute Gasteiger partial charge is 0.393 e. The fourth-order valence-electron chi connectivity index (χ4n) is 1.76. The first-order valence-electron chi connectivity index (χ1n) is 5.79. The highest BCUT2D eigenvalue weighted by molar-refractivity contribution is 9.10. The van der Waals surface area contributed by atoms with Crippen molar-refractivity contribution in [3.63, 3.8) is 0 Å². The third kappa shape index (κ3) is 3.32. The molecule has 0 aliphatic heterocycles. The fraction of sp³-hybridized carbons (Fsp3) is 0.750. The number of nitrogens with zero attached hydrogens (tertiary/aromatic N) is 2. The van der Waals surface area contributed by atoms with E-state index in [1.165, 1.54) is 5.69 Å². The van der Waals surface area contributed by atoms with E-state index in [4.69, 9.17) is 0 Å². The maximum atomic E-state index is 9.71. The predicted molar refractivity (Wildman–Crippen MR) is 69.4 cm³/mol. The molecule has 0 fully saturated rings. The van der Waals surface area contributed by atoms with E-state index in [2.05, 4.69) is 34.9 Å². The van der Waals surface area contributed by atoms with E-state index in [0.717, 1.165) is 29.4 Å². The number of hydrogen-bond acceptors (Lipinski definition) is 2. The highest BCUT2D eigenvalue weighted by Gasteiger charge is 2.12. The minimum atomic E-state index is -0.187. The van der Waals surface area contributed by atoms with Crippen LogP contribution in [0.1, 0.15) is 38.1 Å². The zero-order valence-corrected chi connectivity index (χ0v) is 12.1. The Kier molecular flexibility index (Phi) is 4.99.